The van der Waals surface area contributed by atoms with E-state index < -0.39 is 5.82 Å². The van der Waals surface area contributed by atoms with Crippen LogP contribution in [0.15, 0.2) is 48.8 Å². The van der Waals surface area contributed by atoms with E-state index in [1.165, 1.54) is 18.2 Å². The van der Waals surface area contributed by atoms with Gasteiger partial charge in [0.2, 0.25) is 5.95 Å². The third kappa shape index (κ3) is 4.44. The van der Waals surface area contributed by atoms with Gasteiger partial charge in [-0.15, -0.1) is 0 Å². The van der Waals surface area contributed by atoms with Gasteiger partial charge >= 0.3 is 0 Å². The van der Waals surface area contributed by atoms with E-state index in [1.54, 1.807) is 18.5 Å². The molecule has 134 valence electrons. The van der Waals surface area contributed by atoms with Gasteiger partial charge in [0.25, 0.3) is 0 Å². The quantitative estimate of drug-likeness (QED) is 0.608. The zero-order valence-corrected chi connectivity index (χ0v) is 14.7. The Hall–Kier alpha value is -2.77. The van der Waals surface area contributed by atoms with Crippen LogP contribution in [-0.2, 0) is 0 Å². The van der Waals surface area contributed by atoms with Gasteiger partial charge in [-0.2, -0.15) is 4.98 Å². The van der Waals surface area contributed by atoms with Crippen molar-refractivity contribution in [3.8, 4) is 11.3 Å². The minimum Gasteiger partial charge on any atom is -0.394 e. The predicted octanol–water partition coefficient (Wildman–Crippen LogP) is 3.87. The first kappa shape index (κ1) is 18.0. The predicted molar refractivity (Wildman–Crippen MR) is 100 cm³/mol. The van der Waals surface area contributed by atoms with Crippen LogP contribution in [0.3, 0.4) is 0 Å². The molecule has 2 heterocycles. The molecule has 26 heavy (non-hydrogen) atoms. The molecule has 2 aromatic heterocycles. The molecule has 1 aromatic carbocycles. The van der Waals surface area contributed by atoms with Crippen LogP contribution in [0.25, 0.3) is 11.3 Å². The number of aromatic nitrogens is 3. The molecule has 0 aliphatic rings. The second-order valence-corrected chi connectivity index (χ2v) is 6.09. The number of hydrogen-bond acceptors (Lipinski definition) is 6. The topological polar surface area (TPSA) is 83.0 Å². The summed E-state index contributed by atoms with van der Waals surface area (Å²) in [6, 6.07) is 9.28. The fourth-order valence-corrected chi connectivity index (χ4v) is 2.45. The molecule has 8 heteroatoms. The summed E-state index contributed by atoms with van der Waals surface area (Å²) in [7, 11) is 0. The van der Waals surface area contributed by atoms with Crippen molar-refractivity contribution >= 4 is 29.1 Å². The highest BCUT2D eigenvalue weighted by Gasteiger charge is 2.11. The van der Waals surface area contributed by atoms with Crippen LogP contribution in [0, 0.1) is 5.82 Å². The van der Waals surface area contributed by atoms with Crippen LogP contribution >= 0.6 is 11.6 Å². The molecular formula is C18H17ClFN5O. The van der Waals surface area contributed by atoms with E-state index in [0.29, 0.717) is 23.1 Å². The summed E-state index contributed by atoms with van der Waals surface area (Å²) >= 11 is 6.08. The van der Waals surface area contributed by atoms with E-state index in [9.17, 15) is 9.50 Å². The highest BCUT2D eigenvalue weighted by atomic mass is 35.5. The molecule has 3 aromatic rings. The van der Waals surface area contributed by atoms with Gasteiger partial charge in [-0.1, -0.05) is 11.6 Å². The number of rotatable bonds is 6. The third-order valence-electron chi connectivity index (χ3n) is 3.53. The number of anilines is 3. The van der Waals surface area contributed by atoms with E-state index in [2.05, 4.69) is 25.6 Å². The first-order valence-electron chi connectivity index (χ1n) is 7.94. The number of hydrogen-bond donors (Lipinski definition) is 3. The molecule has 0 saturated heterocycles. The molecule has 3 N–H and O–H groups in total. The van der Waals surface area contributed by atoms with E-state index >= 15 is 0 Å². The Balaban J connectivity index is 1.98. The van der Waals surface area contributed by atoms with E-state index in [4.69, 9.17) is 11.6 Å². The van der Waals surface area contributed by atoms with Gasteiger partial charge in [-0.25, -0.2) is 9.37 Å². The Morgan fingerprint density at radius 2 is 2.08 bits per heavy atom. The fourth-order valence-electron chi connectivity index (χ4n) is 2.23. The van der Waals surface area contributed by atoms with E-state index in [-0.39, 0.29) is 17.7 Å². The average Bonchev–Trinajstić information content (AvgIpc) is 2.64. The lowest BCUT2D eigenvalue weighted by Gasteiger charge is -2.14. The van der Waals surface area contributed by atoms with Crippen LogP contribution < -0.4 is 10.6 Å². The molecule has 0 aliphatic carbocycles. The summed E-state index contributed by atoms with van der Waals surface area (Å²) in [4.78, 5) is 13.0. The van der Waals surface area contributed by atoms with Gasteiger partial charge in [0, 0.05) is 30.1 Å². The number of pyridine rings is 1. The summed E-state index contributed by atoms with van der Waals surface area (Å²) in [6.45, 7) is 1.75. The molecule has 0 unspecified atom stereocenters. The Morgan fingerprint density at radius 1 is 1.23 bits per heavy atom. The number of halogens is 2. The first-order chi connectivity index (χ1) is 12.5. The molecule has 0 fully saturated rings. The normalized spacial score (nSPS) is 11.8. The largest absolute Gasteiger partial charge is 0.394 e. The molecular weight excluding hydrogens is 357 g/mol. The van der Waals surface area contributed by atoms with Crippen molar-refractivity contribution in [2.45, 2.75) is 13.0 Å². The van der Waals surface area contributed by atoms with E-state index in [1.807, 2.05) is 19.1 Å². The Kier molecular flexibility index (Phi) is 5.60. The van der Waals surface area contributed by atoms with Gasteiger partial charge in [0.05, 0.1) is 23.0 Å². The Labute approximate surface area is 155 Å². The molecule has 0 spiro atoms. The molecule has 6 nitrogen and oxygen atoms in total. The lowest BCUT2D eigenvalue weighted by Crippen LogP contribution is -2.21. The average molecular weight is 374 g/mol. The van der Waals surface area contributed by atoms with Crippen molar-refractivity contribution in [1.29, 1.82) is 0 Å². The monoisotopic (exact) mass is 373 g/mol. The minimum atomic E-state index is -0.418. The van der Waals surface area contributed by atoms with Crippen molar-refractivity contribution in [2.24, 2.45) is 0 Å². The third-order valence-corrected chi connectivity index (χ3v) is 3.84. The Bertz CT molecular complexity index is 894. The second kappa shape index (κ2) is 8.07. The molecule has 3 rings (SSSR count). The van der Waals surface area contributed by atoms with E-state index in [0.717, 1.165) is 5.56 Å². The summed E-state index contributed by atoms with van der Waals surface area (Å²) < 4.78 is 13.2. The SMILES string of the molecule is C[C@H](CO)Nc1nc(Nc2ccc(F)cc2Cl)cc(-c2cccnc2)n1. The van der Waals surface area contributed by atoms with Gasteiger partial charge < -0.3 is 15.7 Å². The van der Waals surface area contributed by atoms with Crippen molar-refractivity contribution < 1.29 is 9.50 Å². The molecule has 0 aliphatic heterocycles. The van der Waals surface area contributed by atoms with Gasteiger partial charge in [0.15, 0.2) is 0 Å². The summed E-state index contributed by atoms with van der Waals surface area (Å²) in [5.74, 6) is 0.395. The number of nitrogens with one attached hydrogen (secondary N) is 2. The molecule has 0 amide bonds. The van der Waals surface area contributed by atoms with Gasteiger partial charge in [0.1, 0.15) is 11.6 Å². The van der Waals surface area contributed by atoms with Crippen molar-refractivity contribution in [3.63, 3.8) is 0 Å². The molecule has 0 bridgehead atoms. The number of aliphatic hydroxyl groups is 1. The van der Waals surface area contributed by atoms with Crippen molar-refractivity contribution in [1.82, 2.24) is 15.0 Å². The van der Waals surface area contributed by atoms with Gasteiger partial charge in [-0.3, -0.25) is 4.98 Å². The maximum Gasteiger partial charge on any atom is 0.225 e. The number of nitrogens with zero attached hydrogens (tertiary/aromatic N) is 3. The number of aliphatic hydroxyl groups excluding tert-OH is 1. The second-order valence-electron chi connectivity index (χ2n) is 5.68. The lowest BCUT2D eigenvalue weighted by atomic mass is 10.2. The van der Waals surface area contributed by atoms with Gasteiger partial charge in [-0.05, 0) is 37.3 Å². The zero-order valence-electron chi connectivity index (χ0n) is 13.9. The number of benzene rings is 1. The highest BCUT2D eigenvalue weighted by Crippen LogP contribution is 2.28. The maximum atomic E-state index is 13.2. The highest BCUT2D eigenvalue weighted by molar-refractivity contribution is 6.33. The lowest BCUT2D eigenvalue weighted by molar-refractivity contribution is 0.281. The summed E-state index contributed by atoms with van der Waals surface area (Å²) in [5, 5.41) is 15.6. The van der Waals surface area contributed by atoms with Crippen molar-refractivity contribution in [2.75, 3.05) is 17.2 Å². The maximum absolute atomic E-state index is 13.2. The zero-order chi connectivity index (χ0) is 18.5. The summed E-state index contributed by atoms with van der Waals surface area (Å²) in [5.41, 5.74) is 1.97. The smallest absolute Gasteiger partial charge is 0.225 e. The standard InChI is InChI=1S/C18H17ClFN5O/c1-11(10-26)22-18-24-16(12-3-2-6-21-9-12)8-17(25-18)23-15-5-4-13(20)7-14(15)19/h2-9,11,26H,10H2,1H3,(H2,22,23,24,25)/t11-/m1/s1. The molecule has 0 saturated carbocycles. The van der Waals surface area contributed by atoms with Crippen LogP contribution in [0.1, 0.15) is 6.92 Å². The van der Waals surface area contributed by atoms with Crippen LogP contribution in [0.5, 0.6) is 0 Å². The van der Waals surface area contributed by atoms with Crippen LogP contribution in [0.2, 0.25) is 5.02 Å². The van der Waals surface area contributed by atoms with Crippen LogP contribution in [-0.4, -0.2) is 32.7 Å². The van der Waals surface area contributed by atoms with Crippen LogP contribution in [0.4, 0.5) is 21.8 Å². The Morgan fingerprint density at radius 3 is 2.77 bits per heavy atom. The minimum absolute atomic E-state index is 0.0625. The van der Waals surface area contributed by atoms with Crippen molar-refractivity contribution in [3.05, 3.63) is 59.6 Å². The molecule has 1 atom stereocenters. The summed E-state index contributed by atoms with van der Waals surface area (Å²) in [6.07, 6.45) is 3.37. The fraction of sp³-hybridized carbons (Fsp3) is 0.167. The first-order valence-corrected chi connectivity index (χ1v) is 8.32. The molecule has 0 radical (unpaired) electrons.